The zero-order valence-electron chi connectivity index (χ0n) is 13.3. The van der Waals surface area contributed by atoms with Crippen molar-refractivity contribution in [2.24, 2.45) is 22.1 Å². The Balaban J connectivity index is 1.94. The molecule has 1 aliphatic heterocycles. The predicted molar refractivity (Wildman–Crippen MR) is 88.5 cm³/mol. The summed E-state index contributed by atoms with van der Waals surface area (Å²) in [6, 6.07) is 9.88. The normalized spacial score (nSPS) is 23.9. The Bertz CT molecular complexity index is 465. The number of para-hydroxylation sites is 1. The van der Waals surface area contributed by atoms with Gasteiger partial charge in [0.2, 0.25) is 0 Å². The third-order valence-corrected chi connectivity index (χ3v) is 3.84. The van der Waals surface area contributed by atoms with Gasteiger partial charge in [0.1, 0.15) is 0 Å². The zero-order chi connectivity index (χ0) is 15.3. The summed E-state index contributed by atoms with van der Waals surface area (Å²) in [5.74, 6) is 0.911. The van der Waals surface area contributed by atoms with Crippen molar-refractivity contribution in [2.75, 3.05) is 18.5 Å². The van der Waals surface area contributed by atoms with Crippen LogP contribution < -0.4 is 11.1 Å². The van der Waals surface area contributed by atoms with Crippen molar-refractivity contribution < 1.29 is 4.74 Å². The van der Waals surface area contributed by atoms with Crippen LogP contribution in [0.4, 0.5) is 5.69 Å². The molecule has 0 radical (unpaired) electrons. The lowest BCUT2D eigenvalue weighted by Crippen LogP contribution is -2.41. The van der Waals surface area contributed by atoms with Gasteiger partial charge in [-0.1, -0.05) is 39.0 Å². The summed E-state index contributed by atoms with van der Waals surface area (Å²) in [5, 5.41) is 3.12. The number of nitrogens with one attached hydrogen (secondary N) is 1. The van der Waals surface area contributed by atoms with E-state index in [1.165, 1.54) is 0 Å². The number of hydrogen-bond donors (Lipinski definition) is 2. The lowest BCUT2D eigenvalue weighted by atomic mass is 9.78. The van der Waals surface area contributed by atoms with Gasteiger partial charge in [0, 0.05) is 24.8 Å². The minimum atomic E-state index is 0.141. The molecule has 2 atom stereocenters. The molecule has 0 spiro atoms. The second-order valence-electron chi connectivity index (χ2n) is 6.78. The van der Waals surface area contributed by atoms with Gasteiger partial charge in [0.05, 0.1) is 6.10 Å². The van der Waals surface area contributed by atoms with Gasteiger partial charge in [-0.15, -0.1) is 0 Å². The Morgan fingerprint density at radius 1 is 1.33 bits per heavy atom. The minimum absolute atomic E-state index is 0.141. The summed E-state index contributed by atoms with van der Waals surface area (Å²) in [7, 11) is 0. The Morgan fingerprint density at radius 2 is 2.05 bits per heavy atom. The second-order valence-corrected chi connectivity index (χ2v) is 6.78. The third kappa shape index (κ3) is 4.74. The van der Waals surface area contributed by atoms with Crippen LogP contribution in [0.1, 0.15) is 33.6 Å². The zero-order valence-corrected chi connectivity index (χ0v) is 13.3. The first-order chi connectivity index (χ1) is 9.97. The molecule has 0 saturated carbocycles. The highest BCUT2D eigenvalue weighted by Gasteiger charge is 2.35. The molecule has 1 aliphatic rings. The highest BCUT2D eigenvalue weighted by atomic mass is 16.5. The lowest BCUT2D eigenvalue weighted by Gasteiger charge is -2.39. The molecule has 4 nitrogen and oxygen atoms in total. The van der Waals surface area contributed by atoms with E-state index in [1.54, 1.807) is 0 Å². The van der Waals surface area contributed by atoms with E-state index >= 15 is 0 Å². The molecule has 1 aromatic carbocycles. The molecule has 3 N–H and O–H groups in total. The molecule has 0 aliphatic carbocycles. The van der Waals surface area contributed by atoms with E-state index < -0.39 is 0 Å². The van der Waals surface area contributed by atoms with Crippen molar-refractivity contribution in [3.05, 3.63) is 30.3 Å². The van der Waals surface area contributed by atoms with Crippen LogP contribution in [-0.4, -0.2) is 25.2 Å². The molecule has 21 heavy (non-hydrogen) atoms. The van der Waals surface area contributed by atoms with Crippen LogP contribution in [0.15, 0.2) is 35.3 Å². The summed E-state index contributed by atoms with van der Waals surface area (Å²) in [6.07, 6.45) is 2.52. The van der Waals surface area contributed by atoms with Crippen LogP contribution in [-0.2, 0) is 4.74 Å². The van der Waals surface area contributed by atoms with E-state index in [1.807, 2.05) is 30.3 Å². The first-order valence-corrected chi connectivity index (χ1v) is 7.70. The van der Waals surface area contributed by atoms with Crippen molar-refractivity contribution in [2.45, 2.75) is 39.7 Å². The van der Waals surface area contributed by atoms with E-state index in [4.69, 9.17) is 10.5 Å². The molecule has 0 aromatic heterocycles. The number of aliphatic imine (C=N–C) groups is 1. The fraction of sp³-hybridized carbons (Fsp3) is 0.588. The van der Waals surface area contributed by atoms with E-state index in [2.05, 4.69) is 31.1 Å². The molecule has 0 amide bonds. The summed E-state index contributed by atoms with van der Waals surface area (Å²) in [6.45, 7) is 8.26. The van der Waals surface area contributed by atoms with Gasteiger partial charge in [0.15, 0.2) is 5.96 Å². The Morgan fingerprint density at radius 3 is 2.71 bits per heavy atom. The largest absolute Gasteiger partial charge is 0.377 e. The minimum Gasteiger partial charge on any atom is -0.377 e. The van der Waals surface area contributed by atoms with E-state index in [-0.39, 0.29) is 11.5 Å². The van der Waals surface area contributed by atoms with Gasteiger partial charge in [-0.25, -0.2) is 0 Å². The second kappa shape index (κ2) is 6.94. The van der Waals surface area contributed by atoms with Crippen LogP contribution in [0.5, 0.6) is 0 Å². The van der Waals surface area contributed by atoms with Gasteiger partial charge < -0.3 is 15.8 Å². The fourth-order valence-corrected chi connectivity index (χ4v) is 2.91. The number of benzene rings is 1. The van der Waals surface area contributed by atoms with Crippen LogP contribution in [0.2, 0.25) is 0 Å². The summed E-state index contributed by atoms with van der Waals surface area (Å²) >= 11 is 0. The van der Waals surface area contributed by atoms with Crippen LogP contribution in [0.3, 0.4) is 0 Å². The van der Waals surface area contributed by atoms with Gasteiger partial charge in [-0.2, -0.15) is 0 Å². The van der Waals surface area contributed by atoms with Gasteiger partial charge in [-0.3, -0.25) is 4.99 Å². The first kappa shape index (κ1) is 15.8. The SMILES string of the molecule is CC(C)(C)C1OCCCC1CN=C(N)Nc1ccccc1. The van der Waals surface area contributed by atoms with E-state index in [0.29, 0.717) is 18.4 Å². The fourth-order valence-electron chi connectivity index (χ4n) is 2.91. The molecule has 2 rings (SSSR count). The van der Waals surface area contributed by atoms with E-state index in [0.717, 1.165) is 25.1 Å². The molecule has 0 bridgehead atoms. The van der Waals surface area contributed by atoms with Crippen molar-refractivity contribution in [3.63, 3.8) is 0 Å². The summed E-state index contributed by atoms with van der Waals surface area (Å²) < 4.78 is 5.98. The Labute approximate surface area is 127 Å². The highest BCUT2D eigenvalue weighted by molar-refractivity contribution is 5.92. The standard InChI is InChI=1S/C17H27N3O/c1-17(2,3)15-13(8-7-11-21-15)12-19-16(18)20-14-9-5-4-6-10-14/h4-6,9-10,13,15H,7-8,11-12H2,1-3H3,(H3,18,19,20). The molecule has 1 saturated heterocycles. The number of anilines is 1. The average molecular weight is 289 g/mol. The molecule has 2 unspecified atom stereocenters. The molecule has 1 aromatic rings. The van der Waals surface area contributed by atoms with Gasteiger partial charge in [-0.05, 0) is 30.4 Å². The van der Waals surface area contributed by atoms with Crippen molar-refractivity contribution >= 4 is 11.6 Å². The molecular weight excluding hydrogens is 262 g/mol. The molecule has 116 valence electrons. The van der Waals surface area contributed by atoms with Crippen molar-refractivity contribution in [1.82, 2.24) is 0 Å². The smallest absolute Gasteiger partial charge is 0.193 e. The van der Waals surface area contributed by atoms with Gasteiger partial charge >= 0.3 is 0 Å². The molecule has 1 fully saturated rings. The summed E-state index contributed by atoms with van der Waals surface area (Å²) in [5.41, 5.74) is 7.08. The number of hydrogen-bond acceptors (Lipinski definition) is 2. The Hall–Kier alpha value is -1.55. The number of nitrogens with two attached hydrogens (primary N) is 1. The third-order valence-electron chi connectivity index (χ3n) is 3.84. The van der Waals surface area contributed by atoms with Crippen LogP contribution in [0, 0.1) is 11.3 Å². The first-order valence-electron chi connectivity index (χ1n) is 7.70. The number of rotatable bonds is 3. The number of ether oxygens (including phenoxy) is 1. The Kier molecular flexibility index (Phi) is 5.23. The van der Waals surface area contributed by atoms with E-state index in [9.17, 15) is 0 Å². The maximum absolute atomic E-state index is 5.98. The maximum Gasteiger partial charge on any atom is 0.193 e. The quantitative estimate of drug-likeness (QED) is 0.663. The summed E-state index contributed by atoms with van der Waals surface area (Å²) in [4.78, 5) is 4.51. The molecule has 4 heteroatoms. The predicted octanol–water partition coefficient (Wildman–Crippen LogP) is 3.25. The van der Waals surface area contributed by atoms with Gasteiger partial charge in [0.25, 0.3) is 0 Å². The lowest BCUT2D eigenvalue weighted by molar-refractivity contribution is -0.0823. The topological polar surface area (TPSA) is 59.6 Å². The highest BCUT2D eigenvalue weighted by Crippen LogP contribution is 2.34. The molecular formula is C17H27N3O. The number of guanidine groups is 1. The average Bonchev–Trinajstić information content (AvgIpc) is 2.45. The van der Waals surface area contributed by atoms with Crippen LogP contribution in [0.25, 0.3) is 0 Å². The monoisotopic (exact) mass is 289 g/mol. The van der Waals surface area contributed by atoms with Crippen LogP contribution >= 0.6 is 0 Å². The van der Waals surface area contributed by atoms with Crippen molar-refractivity contribution in [1.29, 1.82) is 0 Å². The maximum atomic E-state index is 5.98. The number of nitrogens with zero attached hydrogens (tertiary/aromatic N) is 1. The van der Waals surface area contributed by atoms with Crippen molar-refractivity contribution in [3.8, 4) is 0 Å². The molecule has 1 heterocycles.